The number of nitrogens with zero attached hydrogens (tertiary/aromatic N) is 1. The molecule has 1 N–H and O–H groups in total. The monoisotopic (exact) mass is 334 g/mol. The topological polar surface area (TPSA) is 32.3 Å². The van der Waals surface area contributed by atoms with Gasteiger partial charge in [0.25, 0.3) is 0 Å². The molecular weight excluding hydrogens is 304 g/mol. The first-order valence-electron chi connectivity index (χ1n) is 8.36. The van der Waals surface area contributed by atoms with Crippen LogP contribution in [-0.2, 0) is 17.5 Å². The Morgan fingerprint density at radius 1 is 1.43 bits per heavy atom. The average Bonchev–Trinajstić information content (AvgIpc) is 2.45. The number of aryl methyl sites for hydroxylation is 1. The van der Waals surface area contributed by atoms with Crippen LogP contribution in [-0.4, -0.2) is 34.5 Å². The summed E-state index contributed by atoms with van der Waals surface area (Å²) in [7, 11) is -0.943. The van der Waals surface area contributed by atoms with E-state index >= 15 is 0 Å². The van der Waals surface area contributed by atoms with Crippen molar-refractivity contribution in [2.75, 3.05) is 19.3 Å². The van der Waals surface area contributed by atoms with Crippen LogP contribution in [0.15, 0.2) is 24.3 Å². The highest BCUT2D eigenvalue weighted by Crippen LogP contribution is 2.30. The van der Waals surface area contributed by atoms with E-state index in [1.165, 1.54) is 16.7 Å². The number of rotatable bonds is 5. The number of nitrogens with one attached hydrogen (secondary N) is 1. The Bertz CT molecular complexity index is 595. The summed E-state index contributed by atoms with van der Waals surface area (Å²) in [6.45, 7) is 11.8. The van der Waals surface area contributed by atoms with Crippen LogP contribution in [0.25, 0.3) is 6.08 Å². The minimum Gasteiger partial charge on any atom is -0.298 e. The molecule has 0 saturated carbocycles. The number of hydrogen-bond donors (Lipinski definition) is 1. The summed E-state index contributed by atoms with van der Waals surface area (Å²) in [5.74, 6) is 0. The lowest BCUT2D eigenvalue weighted by Crippen LogP contribution is -2.54. The number of allylic oxidation sites excluding steroid dienone is 1. The second-order valence-electron chi connectivity index (χ2n) is 7.30. The van der Waals surface area contributed by atoms with Crippen LogP contribution in [0.3, 0.4) is 0 Å². The lowest BCUT2D eigenvalue weighted by Gasteiger charge is -2.44. The summed E-state index contributed by atoms with van der Waals surface area (Å²) in [5, 5.41) is 0. The molecule has 2 unspecified atom stereocenters. The van der Waals surface area contributed by atoms with Crippen molar-refractivity contribution in [3.63, 3.8) is 0 Å². The van der Waals surface area contributed by atoms with E-state index in [4.69, 9.17) is 0 Å². The minimum atomic E-state index is -0.943. The first-order chi connectivity index (χ1) is 10.8. The molecule has 1 aromatic carbocycles. The molecule has 0 aliphatic carbocycles. The smallest absolute Gasteiger partial charge is 0.0886 e. The molecule has 0 amide bonds. The molecule has 2 atom stereocenters. The quantitative estimate of drug-likeness (QED) is 0.894. The van der Waals surface area contributed by atoms with Gasteiger partial charge in [0.1, 0.15) is 0 Å². The molecule has 1 aromatic rings. The first-order valence-corrected chi connectivity index (χ1v) is 9.92. The fraction of sp³-hybridized carbons (Fsp3) is 0.579. The average molecular weight is 335 g/mol. The highest BCUT2D eigenvalue weighted by atomic mass is 32.2. The summed E-state index contributed by atoms with van der Waals surface area (Å²) in [4.78, 5) is 2.51. The van der Waals surface area contributed by atoms with Gasteiger partial charge < -0.3 is 0 Å². The second-order valence-corrected chi connectivity index (χ2v) is 8.45. The Labute approximate surface area is 143 Å². The Kier molecular flexibility index (Phi) is 6.18. The van der Waals surface area contributed by atoms with Gasteiger partial charge in [0.15, 0.2) is 0 Å². The van der Waals surface area contributed by atoms with E-state index in [0.717, 1.165) is 26.1 Å². The standard InChI is InChI=1S/C19H30N2OS/c1-6-7-17-12-16(9-8-15(17)2)13-21-11-10-18(20-23(5)22)19(3,4)14-21/h6-9,12,18,20H,10-11,13-14H2,1-5H3/b7-6-. The van der Waals surface area contributed by atoms with E-state index in [0.29, 0.717) is 6.04 Å². The summed E-state index contributed by atoms with van der Waals surface area (Å²) in [6.07, 6.45) is 7.03. The van der Waals surface area contributed by atoms with Crippen LogP contribution in [0, 0.1) is 12.3 Å². The van der Waals surface area contributed by atoms with Gasteiger partial charge in [-0.2, -0.15) is 0 Å². The molecule has 0 aromatic heterocycles. The summed E-state index contributed by atoms with van der Waals surface area (Å²) in [5.41, 5.74) is 4.12. The molecule has 128 valence electrons. The van der Waals surface area contributed by atoms with E-state index in [-0.39, 0.29) is 5.41 Å². The molecule has 1 heterocycles. The van der Waals surface area contributed by atoms with E-state index in [9.17, 15) is 4.21 Å². The normalized spacial score (nSPS) is 23.3. The Balaban J connectivity index is 2.05. The zero-order valence-electron chi connectivity index (χ0n) is 15.1. The van der Waals surface area contributed by atoms with Crippen molar-refractivity contribution in [3.05, 3.63) is 41.0 Å². The largest absolute Gasteiger partial charge is 0.298 e. The van der Waals surface area contributed by atoms with Crippen molar-refractivity contribution in [2.24, 2.45) is 5.41 Å². The fourth-order valence-electron chi connectivity index (χ4n) is 3.43. The van der Waals surface area contributed by atoms with E-state index in [1.54, 1.807) is 6.26 Å². The number of likely N-dealkylation sites (tertiary alicyclic amines) is 1. The molecule has 4 heteroatoms. The molecular formula is C19H30N2OS. The molecule has 0 radical (unpaired) electrons. The highest BCUT2D eigenvalue weighted by Gasteiger charge is 2.36. The molecule has 1 saturated heterocycles. The van der Waals surface area contributed by atoms with E-state index in [1.807, 2.05) is 0 Å². The van der Waals surface area contributed by atoms with Crippen LogP contribution >= 0.6 is 0 Å². The molecule has 0 bridgehead atoms. The maximum atomic E-state index is 11.5. The predicted octanol–water partition coefficient (Wildman–Crippen LogP) is 3.51. The van der Waals surface area contributed by atoms with Crippen molar-refractivity contribution in [2.45, 2.75) is 46.7 Å². The van der Waals surface area contributed by atoms with Gasteiger partial charge in [-0.3, -0.25) is 4.90 Å². The summed E-state index contributed by atoms with van der Waals surface area (Å²) < 4.78 is 14.7. The van der Waals surface area contributed by atoms with Gasteiger partial charge in [0.2, 0.25) is 0 Å². The molecule has 23 heavy (non-hydrogen) atoms. The van der Waals surface area contributed by atoms with Crippen LogP contribution in [0.2, 0.25) is 0 Å². The maximum Gasteiger partial charge on any atom is 0.0886 e. The van der Waals surface area contributed by atoms with Crippen molar-refractivity contribution >= 4 is 17.1 Å². The minimum absolute atomic E-state index is 0.126. The zero-order chi connectivity index (χ0) is 17.0. The third-order valence-corrected chi connectivity index (χ3v) is 5.33. The first kappa shape index (κ1) is 18.4. The molecule has 3 nitrogen and oxygen atoms in total. The van der Waals surface area contributed by atoms with Crippen LogP contribution in [0.4, 0.5) is 0 Å². The van der Waals surface area contributed by atoms with Gasteiger partial charge in [-0.15, -0.1) is 0 Å². The van der Waals surface area contributed by atoms with Gasteiger partial charge in [-0.1, -0.05) is 44.2 Å². The third-order valence-electron chi connectivity index (χ3n) is 4.71. The lowest BCUT2D eigenvalue weighted by atomic mass is 9.79. The number of piperidine rings is 1. The second kappa shape index (κ2) is 7.73. The molecule has 1 fully saturated rings. The SMILES string of the molecule is C/C=C\c1cc(CN2CCC(NS(C)=O)C(C)(C)C2)ccc1C. The van der Waals surface area contributed by atoms with Crippen molar-refractivity contribution in [1.82, 2.24) is 9.62 Å². The lowest BCUT2D eigenvalue weighted by molar-refractivity contribution is 0.0835. The highest BCUT2D eigenvalue weighted by molar-refractivity contribution is 7.82. The Hall–Kier alpha value is -0.970. The maximum absolute atomic E-state index is 11.5. The fourth-order valence-corrected chi connectivity index (χ4v) is 4.26. The third kappa shape index (κ3) is 5.00. The van der Waals surface area contributed by atoms with Crippen molar-refractivity contribution in [3.8, 4) is 0 Å². The molecule has 2 rings (SSSR count). The Morgan fingerprint density at radius 3 is 2.78 bits per heavy atom. The van der Waals surface area contributed by atoms with Crippen LogP contribution < -0.4 is 4.72 Å². The van der Waals surface area contributed by atoms with Gasteiger partial charge in [-0.25, -0.2) is 8.93 Å². The Morgan fingerprint density at radius 2 is 2.17 bits per heavy atom. The van der Waals surface area contributed by atoms with E-state index in [2.05, 4.69) is 67.7 Å². The van der Waals surface area contributed by atoms with Gasteiger partial charge in [-0.05, 0) is 42.4 Å². The van der Waals surface area contributed by atoms with Gasteiger partial charge in [0.05, 0.1) is 11.0 Å². The summed E-state index contributed by atoms with van der Waals surface area (Å²) in [6, 6.07) is 7.07. The van der Waals surface area contributed by atoms with Gasteiger partial charge >= 0.3 is 0 Å². The van der Waals surface area contributed by atoms with Crippen LogP contribution in [0.5, 0.6) is 0 Å². The number of hydrogen-bond acceptors (Lipinski definition) is 2. The predicted molar refractivity (Wildman–Crippen MR) is 101 cm³/mol. The van der Waals surface area contributed by atoms with Crippen molar-refractivity contribution in [1.29, 1.82) is 0 Å². The molecule has 0 spiro atoms. The van der Waals surface area contributed by atoms with Gasteiger partial charge in [0, 0.05) is 31.9 Å². The molecule has 1 aliphatic rings. The molecule has 1 aliphatic heterocycles. The summed E-state index contributed by atoms with van der Waals surface area (Å²) >= 11 is 0. The number of benzene rings is 1. The van der Waals surface area contributed by atoms with Crippen LogP contribution in [0.1, 0.15) is 43.9 Å². The van der Waals surface area contributed by atoms with E-state index < -0.39 is 11.0 Å². The van der Waals surface area contributed by atoms with Crippen molar-refractivity contribution < 1.29 is 4.21 Å². The zero-order valence-corrected chi connectivity index (χ0v) is 15.9.